The topological polar surface area (TPSA) is 147 Å². The average molecular weight is 417 g/mol. The van der Waals surface area contributed by atoms with Crippen molar-refractivity contribution in [2.75, 3.05) is 10.0 Å². The molecule has 2 amide bonds. The number of aryl methyl sites for hydroxylation is 1. The van der Waals surface area contributed by atoms with Crippen molar-refractivity contribution in [2.24, 2.45) is 5.73 Å². The van der Waals surface area contributed by atoms with Gasteiger partial charge in [0.25, 0.3) is 21.8 Å². The van der Waals surface area contributed by atoms with Gasteiger partial charge in [0.05, 0.1) is 22.0 Å². The number of sulfonamides is 1. The molecule has 0 atom stereocenters. The lowest BCUT2D eigenvalue weighted by molar-refractivity contribution is 0.0996. The fraction of sp³-hybridized carbons (Fsp3) is 0.0556. The highest BCUT2D eigenvalue weighted by atomic mass is 32.2. The van der Waals surface area contributed by atoms with E-state index in [1.54, 1.807) is 6.92 Å². The van der Waals surface area contributed by atoms with Crippen LogP contribution in [0.1, 0.15) is 26.5 Å². The maximum absolute atomic E-state index is 13.8. The number of nitrogens with two attached hydrogens (primary N) is 1. The number of nitrogens with zero attached hydrogens (tertiary/aromatic N) is 1. The number of hydrogen-bond acceptors (Lipinski definition) is 5. The molecule has 0 aliphatic heterocycles. The van der Waals surface area contributed by atoms with E-state index in [2.05, 4.69) is 20.2 Å². The lowest BCUT2D eigenvalue weighted by Crippen LogP contribution is -2.19. The summed E-state index contributed by atoms with van der Waals surface area (Å²) in [5, 5.41) is 8.74. The molecule has 5 N–H and O–H groups in total. The van der Waals surface area contributed by atoms with Crippen LogP contribution in [0.3, 0.4) is 0 Å². The highest BCUT2D eigenvalue weighted by Gasteiger charge is 2.21. The first-order valence-electron chi connectivity index (χ1n) is 8.22. The number of halogens is 1. The Balaban J connectivity index is 1.88. The number of carbonyl (C=O) groups excluding carboxylic acids is 2. The molecular formula is C18H16FN5O4S. The van der Waals surface area contributed by atoms with Crippen LogP contribution >= 0.6 is 0 Å². The van der Waals surface area contributed by atoms with E-state index in [0.717, 1.165) is 12.1 Å². The number of rotatable bonds is 6. The van der Waals surface area contributed by atoms with Gasteiger partial charge < -0.3 is 11.1 Å². The Morgan fingerprint density at radius 3 is 2.55 bits per heavy atom. The molecule has 3 aromatic rings. The second-order valence-electron chi connectivity index (χ2n) is 6.00. The average Bonchev–Trinajstić information content (AvgIpc) is 3.04. The van der Waals surface area contributed by atoms with Crippen molar-refractivity contribution in [3.8, 4) is 0 Å². The summed E-state index contributed by atoms with van der Waals surface area (Å²) in [5.74, 6) is -2.26. The first-order chi connectivity index (χ1) is 13.7. The molecule has 2 aromatic carbocycles. The van der Waals surface area contributed by atoms with Crippen molar-refractivity contribution in [3.05, 3.63) is 71.3 Å². The third-order valence-electron chi connectivity index (χ3n) is 3.94. The van der Waals surface area contributed by atoms with Crippen LogP contribution in [0, 0.1) is 12.7 Å². The maximum Gasteiger partial charge on any atom is 0.271 e. The molecule has 150 valence electrons. The third kappa shape index (κ3) is 4.24. The molecule has 0 unspecified atom stereocenters. The van der Waals surface area contributed by atoms with E-state index in [9.17, 15) is 22.4 Å². The number of aromatic nitrogens is 2. The van der Waals surface area contributed by atoms with Crippen LogP contribution in [0.25, 0.3) is 0 Å². The number of aromatic amines is 1. The van der Waals surface area contributed by atoms with E-state index < -0.39 is 27.7 Å². The minimum absolute atomic E-state index is 0.00238. The Morgan fingerprint density at radius 2 is 1.86 bits per heavy atom. The molecule has 11 heteroatoms. The van der Waals surface area contributed by atoms with Crippen LogP contribution in [-0.2, 0) is 10.0 Å². The predicted molar refractivity (Wildman–Crippen MR) is 103 cm³/mol. The molecule has 0 aliphatic carbocycles. The summed E-state index contributed by atoms with van der Waals surface area (Å²) in [5.41, 5.74) is 5.34. The van der Waals surface area contributed by atoms with Crippen LogP contribution in [0.4, 0.5) is 15.8 Å². The molecule has 0 saturated carbocycles. The van der Waals surface area contributed by atoms with Gasteiger partial charge in [0.15, 0.2) is 5.69 Å². The standard InChI is InChI=1S/C18H16FN5O4S/c1-10-15(16(17(20)25)23-22-10)21-18(26)11-5-4-6-12(9-11)29(27,28)24-14-8-3-2-7-13(14)19/h2-9,24H,1H3,(H2,20,25)(H,21,26)(H,22,23). The van der Waals surface area contributed by atoms with E-state index in [1.807, 2.05) is 0 Å². The molecule has 3 rings (SSSR count). The minimum Gasteiger partial charge on any atom is -0.364 e. The van der Waals surface area contributed by atoms with Crippen molar-refractivity contribution < 1.29 is 22.4 Å². The molecule has 0 spiro atoms. The maximum atomic E-state index is 13.8. The smallest absolute Gasteiger partial charge is 0.271 e. The van der Waals surface area contributed by atoms with Crippen molar-refractivity contribution >= 4 is 33.2 Å². The zero-order valence-electron chi connectivity index (χ0n) is 15.1. The number of para-hydroxylation sites is 1. The van der Waals surface area contributed by atoms with Crippen LogP contribution in [0.5, 0.6) is 0 Å². The molecule has 0 saturated heterocycles. The number of hydrogen-bond donors (Lipinski definition) is 4. The zero-order chi connectivity index (χ0) is 21.2. The largest absolute Gasteiger partial charge is 0.364 e. The van der Waals surface area contributed by atoms with Crippen molar-refractivity contribution in [1.82, 2.24) is 10.2 Å². The number of primary amides is 1. The molecule has 1 aromatic heterocycles. The fourth-order valence-corrected chi connectivity index (χ4v) is 3.61. The molecule has 0 bridgehead atoms. The van der Waals surface area contributed by atoms with Crippen molar-refractivity contribution in [1.29, 1.82) is 0 Å². The summed E-state index contributed by atoms with van der Waals surface area (Å²) in [4.78, 5) is 23.7. The summed E-state index contributed by atoms with van der Waals surface area (Å²) < 4.78 is 41.0. The summed E-state index contributed by atoms with van der Waals surface area (Å²) in [6, 6.07) is 10.4. The van der Waals surface area contributed by atoms with E-state index >= 15 is 0 Å². The molecule has 0 aliphatic rings. The predicted octanol–water partition coefficient (Wildman–Crippen LogP) is 2.01. The Bertz CT molecular complexity index is 1210. The van der Waals surface area contributed by atoms with E-state index in [4.69, 9.17) is 5.73 Å². The van der Waals surface area contributed by atoms with Gasteiger partial charge in [-0.15, -0.1) is 0 Å². The lowest BCUT2D eigenvalue weighted by atomic mass is 10.2. The van der Waals surface area contributed by atoms with Crippen LogP contribution in [0.2, 0.25) is 0 Å². The van der Waals surface area contributed by atoms with Gasteiger partial charge in [-0.25, -0.2) is 12.8 Å². The van der Waals surface area contributed by atoms with Crippen molar-refractivity contribution in [3.63, 3.8) is 0 Å². The minimum atomic E-state index is -4.15. The molecule has 1 heterocycles. The normalized spacial score (nSPS) is 11.1. The summed E-state index contributed by atoms with van der Waals surface area (Å²) >= 11 is 0. The Hall–Kier alpha value is -3.73. The number of nitrogens with one attached hydrogen (secondary N) is 3. The lowest BCUT2D eigenvalue weighted by Gasteiger charge is -2.10. The number of H-pyrrole nitrogens is 1. The van der Waals surface area contributed by atoms with Crippen molar-refractivity contribution in [2.45, 2.75) is 11.8 Å². The summed E-state index contributed by atoms with van der Waals surface area (Å²) in [6.07, 6.45) is 0. The number of amides is 2. The van der Waals surface area contributed by atoms with E-state index in [-0.39, 0.29) is 27.5 Å². The Morgan fingerprint density at radius 1 is 1.14 bits per heavy atom. The quantitative estimate of drug-likeness (QED) is 0.484. The van der Waals surface area contributed by atoms with Gasteiger partial charge in [0.2, 0.25) is 0 Å². The first-order valence-corrected chi connectivity index (χ1v) is 9.71. The van der Waals surface area contributed by atoms with Crippen LogP contribution < -0.4 is 15.8 Å². The molecular weight excluding hydrogens is 401 g/mol. The SMILES string of the molecule is Cc1[nH]nc(C(N)=O)c1NC(=O)c1cccc(S(=O)(=O)Nc2ccccc2F)c1. The molecule has 0 radical (unpaired) electrons. The third-order valence-corrected chi connectivity index (χ3v) is 5.31. The van der Waals surface area contributed by atoms with Crippen LogP contribution in [0.15, 0.2) is 53.4 Å². The Labute approximate surface area is 165 Å². The second kappa shape index (κ2) is 7.72. The molecule has 9 nitrogen and oxygen atoms in total. The van der Waals surface area contributed by atoms with Gasteiger partial charge >= 0.3 is 0 Å². The number of benzene rings is 2. The monoisotopic (exact) mass is 417 g/mol. The van der Waals surface area contributed by atoms with Gasteiger partial charge in [-0.2, -0.15) is 5.10 Å². The zero-order valence-corrected chi connectivity index (χ0v) is 15.9. The summed E-state index contributed by atoms with van der Waals surface area (Å²) in [6.45, 7) is 1.58. The summed E-state index contributed by atoms with van der Waals surface area (Å²) in [7, 11) is -4.15. The first kappa shape index (κ1) is 20.0. The number of anilines is 2. The van der Waals surface area contributed by atoms with E-state index in [1.165, 1.54) is 36.4 Å². The fourth-order valence-electron chi connectivity index (χ4n) is 2.50. The highest BCUT2D eigenvalue weighted by Crippen LogP contribution is 2.21. The molecule has 0 fully saturated rings. The number of carbonyl (C=O) groups is 2. The van der Waals surface area contributed by atoms with Gasteiger partial charge in [-0.1, -0.05) is 18.2 Å². The van der Waals surface area contributed by atoms with Gasteiger partial charge in [-0.3, -0.25) is 19.4 Å². The molecule has 29 heavy (non-hydrogen) atoms. The van der Waals surface area contributed by atoms with Gasteiger partial charge in [-0.05, 0) is 37.3 Å². The second-order valence-corrected chi connectivity index (χ2v) is 7.69. The highest BCUT2D eigenvalue weighted by molar-refractivity contribution is 7.92. The Kier molecular flexibility index (Phi) is 5.33. The van der Waals surface area contributed by atoms with E-state index in [0.29, 0.717) is 5.69 Å². The van der Waals surface area contributed by atoms with Crippen LogP contribution in [-0.4, -0.2) is 30.4 Å². The van der Waals surface area contributed by atoms with Gasteiger partial charge in [0, 0.05) is 5.56 Å². The van der Waals surface area contributed by atoms with Gasteiger partial charge in [0.1, 0.15) is 5.82 Å².